The van der Waals surface area contributed by atoms with Crippen molar-refractivity contribution >= 4 is 39.0 Å². The minimum Gasteiger partial charge on any atom is -0.566 e. The Bertz CT molecular complexity index is 634. The molecule has 0 radical (unpaired) electrons. The summed E-state index contributed by atoms with van der Waals surface area (Å²) in [6.07, 6.45) is 0. The van der Waals surface area contributed by atoms with Crippen molar-refractivity contribution in [1.82, 2.24) is 0 Å². The largest absolute Gasteiger partial charge is 0.566 e. The summed E-state index contributed by atoms with van der Waals surface area (Å²) in [5, 5.41) is 1.95. The van der Waals surface area contributed by atoms with E-state index < -0.39 is 22.1 Å². The van der Waals surface area contributed by atoms with Gasteiger partial charge in [-0.3, -0.25) is 0 Å². The summed E-state index contributed by atoms with van der Waals surface area (Å²) < 4.78 is 29.8. The highest BCUT2D eigenvalue weighted by atomic mass is 32.2. The molecule has 0 saturated carbocycles. The molecule has 0 spiro atoms. The zero-order chi connectivity index (χ0) is 14.5. The lowest BCUT2D eigenvalue weighted by Crippen LogP contribution is -2.10. The van der Waals surface area contributed by atoms with Crippen molar-refractivity contribution in [3.05, 3.63) is 42.5 Å². The highest BCUT2D eigenvalue weighted by molar-refractivity contribution is 7.99. The van der Waals surface area contributed by atoms with Crippen LogP contribution in [0, 0.1) is 0 Å². The van der Waals surface area contributed by atoms with Crippen molar-refractivity contribution in [3.63, 3.8) is 0 Å². The second kappa shape index (κ2) is 7.20. The molecular weight excluding hydrogens is 322 g/mol. The SMILES string of the molecule is O=[P+]([O-])OC(O[P+](=O)[O-])Sc1ccc2ccccc2c1. The standard InChI is InChI=1S/C11H8O6P2S/c12-18(13)16-11(17-19(14)15)20-10-6-5-8-3-1-2-4-9(8)7-10/h1-7,11H. The summed E-state index contributed by atoms with van der Waals surface area (Å²) in [6, 6.07) is 12.9. The van der Waals surface area contributed by atoms with Crippen molar-refractivity contribution in [2.45, 2.75) is 10.5 Å². The normalized spacial score (nSPS) is 14.1. The van der Waals surface area contributed by atoms with Gasteiger partial charge in [-0.15, -0.1) is 0 Å². The van der Waals surface area contributed by atoms with Gasteiger partial charge in [0.05, 0.1) is 0 Å². The van der Waals surface area contributed by atoms with E-state index >= 15 is 0 Å². The van der Waals surface area contributed by atoms with Gasteiger partial charge in [-0.05, 0) is 32.0 Å². The van der Waals surface area contributed by atoms with E-state index in [9.17, 15) is 18.9 Å². The summed E-state index contributed by atoms with van der Waals surface area (Å²) >= 11 is 0.848. The molecule has 0 aliphatic rings. The first-order chi connectivity index (χ1) is 9.54. The lowest BCUT2D eigenvalue weighted by atomic mass is 10.1. The van der Waals surface area contributed by atoms with Crippen molar-refractivity contribution < 1.29 is 28.0 Å². The summed E-state index contributed by atoms with van der Waals surface area (Å²) in [7, 11) is -6.43. The van der Waals surface area contributed by atoms with Gasteiger partial charge in [-0.1, -0.05) is 51.1 Å². The molecule has 2 atom stereocenters. The third-order valence-corrected chi connectivity index (χ3v) is 4.22. The Morgan fingerprint density at radius 2 is 1.55 bits per heavy atom. The summed E-state index contributed by atoms with van der Waals surface area (Å²) in [5.41, 5.74) is -1.46. The molecule has 2 unspecified atom stereocenters. The maximum atomic E-state index is 10.5. The van der Waals surface area contributed by atoms with Crippen molar-refractivity contribution in [1.29, 1.82) is 0 Å². The first-order valence-corrected chi connectivity index (χ1v) is 8.39. The minimum absolute atomic E-state index is 0.627. The lowest BCUT2D eigenvalue weighted by Gasteiger charge is -2.07. The average molecular weight is 330 g/mol. The smallest absolute Gasteiger partial charge is 0.492 e. The Hall–Kier alpha value is -0.910. The quantitative estimate of drug-likeness (QED) is 0.455. The van der Waals surface area contributed by atoms with Crippen LogP contribution in [0.25, 0.3) is 10.8 Å². The van der Waals surface area contributed by atoms with Gasteiger partial charge in [0, 0.05) is 4.90 Å². The van der Waals surface area contributed by atoms with Gasteiger partial charge in [0.15, 0.2) is 0 Å². The molecule has 20 heavy (non-hydrogen) atoms. The predicted octanol–water partition coefficient (Wildman–Crippen LogP) is 2.28. The first-order valence-electron chi connectivity index (χ1n) is 5.32. The van der Waals surface area contributed by atoms with E-state index in [1.54, 1.807) is 12.1 Å². The predicted molar refractivity (Wildman–Crippen MR) is 71.0 cm³/mol. The van der Waals surface area contributed by atoms with Gasteiger partial charge in [-0.2, -0.15) is 0 Å². The zero-order valence-corrected chi connectivity index (χ0v) is 12.5. The molecule has 104 valence electrons. The second-order valence-corrected chi connectivity index (χ2v) is 5.98. The Labute approximate surface area is 120 Å². The maximum Gasteiger partial charge on any atom is 0.492 e. The van der Waals surface area contributed by atoms with Crippen LogP contribution >= 0.6 is 28.3 Å². The van der Waals surface area contributed by atoms with Gasteiger partial charge < -0.3 is 9.79 Å². The number of hydrogen-bond acceptors (Lipinski definition) is 7. The highest BCUT2D eigenvalue weighted by Gasteiger charge is 2.26. The van der Waals surface area contributed by atoms with E-state index in [1.165, 1.54) is 0 Å². The van der Waals surface area contributed by atoms with Gasteiger partial charge >= 0.3 is 22.1 Å². The highest BCUT2D eigenvalue weighted by Crippen LogP contribution is 2.35. The molecule has 0 N–H and O–H groups in total. The molecule has 2 aromatic carbocycles. The number of fused-ring (bicyclic) bond motifs is 1. The second-order valence-electron chi connectivity index (χ2n) is 3.57. The van der Waals surface area contributed by atoms with Crippen molar-refractivity contribution in [2.24, 2.45) is 0 Å². The molecule has 0 aliphatic carbocycles. The Balaban J connectivity index is 2.18. The molecule has 2 rings (SSSR count). The van der Waals surface area contributed by atoms with Crippen molar-refractivity contribution in [2.75, 3.05) is 0 Å². The topological polar surface area (TPSA) is 98.7 Å². The van der Waals surface area contributed by atoms with Crippen LogP contribution in [-0.4, -0.2) is 5.62 Å². The van der Waals surface area contributed by atoms with Crippen LogP contribution in [0.1, 0.15) is 0 Å². The molecule has 0 bridgehead atoms. The molecule has 0 fully saturated rings. The summed E-state index contributed by atoms with van der Waals surface area (Å²) in [4.78, 5) is 21.7. The summed E-state index contributed by atoms with van der Waals surface area (Å²) in [5.74, 6) is 0. The monoisotopic (exact) mass is 330 g/mol. The van der Waals surface area contributed by atoms with E-state index in [1.807, 2.05) is 30.3 Å². The Morgan fingerprint density at radius 1 is 0.950 bits per heavy atom. The molecule has 0 saturated heterocycles. The molecular formula is C11H8O6P2S. The molecule has 0 heterocycles. The fraction of sp³-hybridized carbons (Fsp3) is 0.0909. The van der Waals surface area contributed by atoms with Gasteiger partial charge in [0.2, 0.25) is 0 Å². The first kappa shape index (κ1) is 15.5. The van der Waals surface area contributed by atoms with Crippen LogP contribution in [0.2, 0.25) is 0 Å². The van der Waals surface area contributed by atoms with Crippen LogP contribution in [0.15, 0.2) is 47.4 Å². The van der Waals surface area contributed by atoms with Crippen molar-refractivity contribution in [3.8, 4) is 0 Å². The number of benzene rings is 2. The van der Waals surface area contributed by atoms with Crippen LogP contribution in [0.5, 0.6) is 0 Å². The molecule has 0 aromatic heterocycles. The van der Waals surface area contributed by atoms with Crippen LogP contribution in [-0.2, 0) is 18.2 Å². The van der Waals surface area contributed by atoms with Gasteiger partial charge in [0.25, 0.3) is 0 Å². The van der Waals surface area contributed by atoms with E-state index in [-0.39, 0.29) is 0 Å². The Morgan fingerprint density at radius 3 is 2.15 bits per heavy atom. The molecule has 2 aromatic rings. The molecule has 6 nitrogen and oxygen atoms in total. The van der Waals surface area contributed by atoms with E-state index in [0.29, 0.717) is 4.90 Å². The van der Waals surface area contributed by atoms with Crippen LogP contribution in [0.4, 0.5) is 0 Å². The fourth-order valence-corrected chi connectivity index (χ4v) is 3.32. The third-order valence-electron chi connectivity index (χ3n) is 2.30. The third kappa shape index (κ3) is 4.58. The molecule has 0 amide bonds. The average Bonchev–Trinajstić information content (AvgIpc) is 2.37. The van der Waals surface area contributed by atoms with E-state index in [4.69, 9.17) is 0 Å². The Kier molecular flexibility index (Phi) is 5.57. The lowest BCUT2D eigenvalue weighted by molar-refractivity contribution is -0.205. The zero-order valence-electron chi connectivity index (χ0n) is 9.87. The maximum absolute atomic E-state index is 10.5. The van der Waals surface area contributed by atoms with Gasteiger partial charge in [-0.25, -0.2) is 0 Å². The number of hydrogen-bond donors (Lipinski definition) is 0. The summed E-state index contributed by atoms with van der Waals surface area (Å²) in [6.45, 7) is 0. The number of thioether (sulfide) groups is 1. The van der Waals surface area contributed by atoms with Gasteiger partial charge in [0.1, 0.15) is 0 Å². The van der Waals surface area contributed by atoms with Crippen LogP contribution in [0.3, 0.4) is 0 Å². The van der Waals surface area contributed by atoms with Crippen LogP contribution < -0.4 is 9.79 Å². The number of rotatable bonds is 6. The minimum atomic E-state index is -3.21. The molecule has 9 heteroatoms. The van der Waals surface area contributed by atoms with E-state index in [2.05, 4.69) is 9.05 Å². The van der Waals surface area contributed by atoms with E-state index in [0.717, 1.165) is 22.5 Å². The fourth-order valence-electron chi connectivity index (χ4n) is 1.55. The molecule has 0 aliphatic heterocycles.